The van der Waals surface area contributed by atoms with E-state index in [0.29, 0.717) is 0 Å². The molecule has 0 aliphatic heterocycles. The number of benzene rings is 8. The molecule has 63 heavy (non-hydrogen) atoms. The predicted molar refractivity (Wildman–Crippen MR) is 265 cm³/mol. The van der Waals surface area contributed by atoms with Crippen molar-refractivity contribution in [2.24, 2.45) is 0 Å². The van der Waals surface area contributed by atoms with Gasteiger partial charge in [-0.05, 0) is 83.9 Å². The van der Waals surface area contributed by atoms with Crippen LogP contribution >= 0.6 is 11.3 Å². The van der Waals surface area contributed by atoms with Crippen LogP contribution in [0.2, 0.25) is 0 Å². The van der Waals surface area contributed by atoms with Crippen molar-refractivity contribution in [3.63, 3.8) is 0 Å². The molecule has 5 aromatic heterocycles. The molecule has 0 unspecified atom stereocenters. The molecule has 0 radical (unpaired) electrons. The zero-order valence-corrected chi connectivity index (χ0v) is 34.8. The van der Waals surface area contributed by atoms with E-state index < -0.39 is 0 Å². The molecule has 0 spiro atoms. The van der Waals surface area contributed by atoms with Gasteiger partial charge in [0.05, 0.1) is 49.5 Å². The first kappa shape index (κ1) is 35.6. The Morgan fingerprint density at radius 3 is 1.38 bits per heavy atom. The lowest BCUT2D eigenvalue weighted by Crippen LogP contribution is -1.98. The summed E-state index contributed by atoms with van der Waals surface area (Å²) in [6.07, 6.45) is 2.02. The number of nitrogens with zero attached hydrogens (tertiary/aromatic N) is 4. The van der Waals surface area contributed by atoms with Crippen LogP contribution in [0.25, 0.3) is 120 Å². The van der Waals surface area contributed by atoms with Gasteiger partial charge in [0, 0.05) is 65.6 Å². The molecule has 0 atom stereocenters. The number of thiophene rings is 1. The highest BCUT2D eigenvalue weighted by Crippen LogP contribution is 2.40. The summed E-state index contributed by atoms with van der Waals surface area (Å²) in [5.74, 6) is 0. The van der Waals surface area contributed by atoms with Gasteiger partial charge in [-0.1, -0.05) is 140 Å². The number of rotatable bonds is 6. The number of fused-ring (bicyclic) bond motifs is 9. The van der Waals surface area contributed by atoms with Gasteiger partial charge >= 0.3 is 0 Å². The summed E-state index contributed by atoms with van der Waals surface area (Å²) in [5.41, 5.74) is 15.4. The second-order valence-corrected chi connectivity index (χ2v) is 17.3. The minimum atomic E-state index is 0.944. The fourth-order valence-electron chi connectivity index (χ4n) is 9.59. The topological polar surface area (TPSA) is 35.6 Å². The van der Waals surface area contributed by atoms with E-state index in [1.165, 1.54) is 63.9 Å². The smallest absolute Gasteiger partial charge is 0.0730 e. The third-order valence-electron chi connectivity index (χ3n) is 12.6. The number of para-hydroxylation sites is 2. The minimum Gasteiger partial charge on any atom is -0.309 e. The van der Waals surface area contributed by atoms with Gasteiger partial charge < -0.3 is 9.13 Å². The Balaban J connectivity index is 0.915. The number of aromatic nitrogens is 4. The van der Waals surface area contributed by atoms with Crippen LogP contribution in [0, 0.1) is 0 Å². The van der Waals surface area contributed by atoms with Gasteiger partial charge in [-0.15, -0.1) is 11.3 Å². The summed E-state index contributed by atoms with van der Waals surface area (Å²) >= 11 is 1.80. The Labute approximate surface area is 367 Å². The Kier molecular flexibility index (Phi) is 8.05. The summed E-state index contributed by atoms with van der Waals surface area (Å²) in [5, 5.41) is 7.43. The van der Waals surface area contributed by atoms with Crippen LogP contribution in [-0.2, 0) is 0 Å². The zero-order chi connectivity index (χ0) is 41.4. The van der Waals surface area contributed by atoms with Crippen LogP contribution in [0.4, 0.5) is 0 Å². The first-order valence-electron chi connectivity index (χ1n) is 21.3. The van der Waals surface area contributed by atoms with Gasteiger partial charge in [0.2, 0.25) is 0 Å². The highest BCUT2D eigenvalue weighted by Gasteiger charge is 2.18. The molecular weight excluding hydrogens is 785 g/mol. The van der Waals surface area contributed by atoms with Crippen molar-refractivity contribution >= 4 is 75.1 Å². The molecule has 13 rings (SSSR count). The Bertz CT molecular complexity index is 3840. The highest BCUT2D eigenvalue weighted by molar-refractivity contribution is 7.25. The fourth-order valence-corrected chi connectivity index (χ4v) is 10.6. The lowest BCUT2D eigenvalue weighted by atomic mass is 10.0. The Hall–Kier alpha value is -8.12. The van der Waals surface area contributed by atoms with E-state index in [2.05, 4.69) is 221 Å². The standard InChI is InChI=1S/C58H36N4S/c1-3-13-37(14-4-1)51-33-43(34-52(60-51)38-15-5-2-6-16-38)62-54-21-11-8-18-45(54)48-32-41(26-30-56(48)62)40-25-29-55-47(31-40)44-17-7-10-20-53(44)61(55)42-27-23-39(24-28-42)50-35-49-46-19-9-12-22-57(46)63-58(49)36-59-50/h1-36H. The van der Waals surface area contributed by atoms with Crippen molar-refractivity contribution < 1.29 is 0 Å². The van der Waals surface area contributed by atoms with Crippen molar-refractivity contribution in [1.82, 2.24) is 19.1 Å². The number of hydrogen-bond acceptors (Lipinski definition) is 3. The van der Waals surface area contributed by atoms with Crippen molar-refractivity contribution in [1.29, 1.82) is 0 Å². The molecule has 0 bridgehead atoms. The zero-order valence-electron chi connectivity index (χ0n) is 34.0. The van der Waals surface area contributed by atoms with Crippen molar-refractivity contribution in [3.05, 3.63) is 219 Å². The lowest BCUT2D eigenvalue weighted by Gasteiger charge is -2.13. The lowest BCUT2D eigenvalue weighted by molar-refractivity contribution is 1.16. The molecule has 8 aromatic carbocycles. The third kappa shape index (κ3) is 5.82. The first-order valence-corrected chi connectivity index (χ1v) is 22.1. The van der Waals surface area contributed by atoms with E-state index in [9.17, 15) is 0 Å². The number of hydrogen-bond donors (Lipinski definition) is 0. The predicted octanol–water partition coefficient (Wildman–Crippen LogP) is 15.7. The molecule has 0 N–H and O–H groups in total. The van der Waals surface area contributed by atoms with Gasteiger partial charge in [0.25, 0.3) is 0 Å². The number of pyridine rings is 2. The molecule has 0 saturated heterocycles. The van der Waals surface area contributed by atoms with Crippen LogP contribution in [0.3, 0.4) is 0 Å². The van der Waals surface area contributed by atoms with Crippen LogP contribution in [0.1, 0.15) is 0 Å². The van der Waals surface area contributed by atoms with Gasteiger partial charge in [-0.25, -0.2) is 4.98 Å². The summed E-state index contributed by atoms with van der Waals surface area (Å²) < 4.78 is 7.30. The van der Waals surface area contributed by atoms with Gasteiger partial charge in [0.1, 0.15) is 0 Å². The molecule has 4 nitrogen and oxygen atoms in total. The minimum absolute atomic E-state index is 0.944. The van der Waals surface area contributed by atoms with Crippen LogP contribution in [0.15, 0.2) is 219 Å². The molecule has 0 aliphatic carbocycles. The normalized spacial score (nSPS) is 11.8. The first-order chi connectivity index (χ1) is 31.2. The maximum atomic E-state index is 5.18. The van der Waals surface area contributed by atoms with Crippen molar-refractivity contribution in [2.45, 2.75) is 0 Å². The third-order valence-corrected chi connectivity index (χ3v) is 13.7. The van der Waals surface area contributed by atoms with E-state index in [1.807, 2.05) is 6.20 Å². The summed E-state index contributed by atoms with van der Waals surface area (Å²) in [6, 6.07) is 76.5. The van der Waals surface area contributed by atoms with E-state index in [-0.39, 0.29) is 0 Å². The Morgan fingerprint density at radius 2 is 0.778 bits per heavy atom. The molecule has 5 heterocycles. The van der Waals surface area contributed by atoms with E-state index in [1.54, 1.807) is 11.3 Å². The van der Waals surface area contributed by atoms with E-state index in [4.69, 9.17) is 9.97 Å². The fraction of sp³-hybridized carbons (Fsp3) is 0. The van der Waals surface area contributed by atoms with Crippen molar-refractivity contribution in [3.8, 4) is 56.3 Å². The summed E-state index contributed by atoms with van der Waals surface area (Å²) in [7, 11) is 0. The van der Waals surface area contributed by atoms with Crippen LogP contribution in [0.5, 0.6) is 0 Å². The molecule has 294 valence electrons. The second kappa shape index (κ2) is 14.2. The van der Waals surface area contributed by atoms with Crippen LogP contribution < -0.4 is 0 Å². The molecule has 0 amide bonds. The van der Waals surface area contributed by atoms with Gasteiger partial charge in [0.15, 0.2) is 0 Å². The van der Waals surface area contributed by atoms with Gasteiger partial charge in [-0.3, -0.25) is 4.98 Å². The molecular formula is C58H36N4S. The summed E-state index contributed by atoms with van der Waals surface area (Å²) in [4.78, 5) is 10.1. The maximum absolute atomic E-state index is 5.18. The van der Waals surface area contributed by atoms with Crippen molar-refractivity contribution in [2.75, 3.05) is 0 Å². The average Bonchev–Trinajstić information content (AvgIpc) is 4.01. The van der Waals surface area contributed by atoms with Crippen LogP contribution in [-0.4, -0.2) is 19.1 Å². The molecule has 0 aliphatic rings. The largest absolute Gasteiger partial charge is 0.309 e. The molecule has 5 heteroatoms. The van der Waals surface area contributed by atoms with E-state index >= 15 is 0 Å². The Morgan fingerprint density at radius 1 is 0.302 bits per heavy atom. The van der Waals surface area contributed by atoms with Gasteiger partial charge in [-0.2, -0.15) is 0 Å². The molecule has 13 aromatic rings. The average molecular weight is 821 g/mol. The SMILES string of the molecule is c1ccc(-c2cc(-n3c4ccccc4c4cc(-c5ccc6c(c5)c5ccccc5n6-c5ccc(-c6cc7c(cn6)sc6ccccc67)cc5)ccc43)cc(-c3ccccc3)n2)cc1. The molecule has 0 saturated carbocycles. The highest BCUT2D eigenvalue weighted by atomic mass is 32.1. The summed E-state index contributed by atoms with van der Waals surface area (Å²) in [6.45, 7) is 0. The monoisotopic (exact) mass is 820 g/mol. The second-order valence-electron chi connectivity index (χ2n) is 16.2. The molecule has 0 fully saturated rings. The van der Waals surface area contributed by atoms with E-state index in [0.717, 1.165) is 56.2 Å². The maximum Gasteiger partial charge on any atom is 0.0730 e. The quantitative estimate of drug-likeness (QED) is 0.167.